The maximum atomic E-state index is 5.11. The Kier molecular flexibility index (Phi) is 10.2. The summed E-state index contributed by atoms with van der Waals surface area (Å²) in [4.78, 5) is 2.54. The summed E-state index contributed by atoms with van der Waals surface area (Å²) in [5.41, 5.74) is 0. The van der Waals surface area contributed by atoms with Crippen LogP contribution in [0, 0.1) is 0 Å². The van der Waals surface area contributed by atoms with Gasteiger partial charge in [-0.05, 0) is 26.3 Å². The van der Waals surface area contributed by atoms with E-state index in [1.165, 1.54) is 19.4 Å². The number of hydrogen-bond acceptors (Lipinski definition) is 2. The van der Waals surface area contributed by atoms with Gasteiger partial charge in [-0.2, -0.15) is 0 Å². The molecule has 0 spiro atoms. The molecule has 0 radical (unpaired) electrons. The fourth-order valence-electron chi connectivity index (χ4n) is 1.49. The maximum absolute atomic E-state index is 5.11. The molecule has 0 heterocycles. The molecule has 0 amide bonds. The van der Waals surface area contributed by atoms with Gasteiger partial charge in [0, 0.05) is 31.6 Å². The number of unbranched alkanes of at least 4 members (excludes halogenated alkanes) is 1. The second-order valence-corrected chi connectivity index (χ2v) is 4.50. The van der Waals surface area contributed by atoms with Crippen LogP contribution < -0.4 is 0 Å². The van der Waals surface area contributed by atoms with E-state index in [-0.39, 0.29) is 0 Å². The molecule has 0 saturated carbocycles. The molecule has 1 unspecified atom stereocenters. The monoisotopic (exact) mass is 265 g/mol. The van der Waals surface area contributed by atoms with E-state index in [1.807, 2.05) is 0 Å². The number of halogens is 1. The van der Waals surface area contributed by atoms with Crippen LogP contribution in [0.4, 0.5) is 0 Å². The largest absolute Gasteiger partial charge is 0.385 e. The standard InChI is InChI=1S/C11H24BrNO/c1-4-5-8-13(9-7-12)11(2)6-10-14-3/h11H,4-10H2,1-3H3. The molecule has 1 atom stereocenters. The van der Waals surface area contributed by atoms with Crippen LogP contribution in [0.25, 0.3) is 0 Å². The van der Waals surface area contributed by atoms with Gasteiger partial charge in [0.05, 0.1) is 0 Å². The van der Waals surface area contributed by atoms with Gasteiger partial charge in [0.2, 0.25) is 0 Å². The van der Waals surface area contributed by atoms with E-state index < -0.39 is 0 Å². The lowest BCUT2D eigenvalue weighted by Crippen LogP contribution is -2.36. The molecule has 0 rings (SSSR count). The molecule has 0 bridgehead atoms. The summed E-state index contributed by atoms with van der Waals surface area (Å²) in [6.07, 6.45) is 3.70. The molecular weight excluding hydrogens is 242 g/mol. The Labute approximate surface area is 97.1 Å². The number of methoxy groups -OCH3 is 1. The summed E-state index contributed by atoms with van der Waals surface area (Å²) < 4.78 is 5.11. The summed E-state index contributed by atoms with van der Waals surface area (Å²) in [6.45, 7) is 7.76. The van der Waals surface area contributed by atoms with Crippen molar-refractivity contribution in [3.8, 4) is 0 Å². The van der Waals surface area contributed by atoms with Gasteiger partial charge in [-0.1, -0.05) is 29.3 Å². The minimum Gasteiger partial charge on any atom is -0.385 e. The van der Waals surface area contributed by atoms with E-state index in [0.717, 1.165) is 24.9 Å². The van der Waals surface area contributed by atoms with Crippen LogP contribution in [0.15, 0.2) is 0 Å². The summed E-state index contributed by atoms with van der Waals surface area (Å²) in [5, 5.41) is 1.06. The Morgan fingerprint density at radius 2 is 2.07 bits per heavy atom. The van der Waals surface area contributed by atoms with Crippen LogP contribution in [0.3, 0.4) is 0 Å². The van der Waals surface area contributed by atoms with E-state index in [0.29, 0.717) is 6.04 Å². The van der Waals surface area contributed by atoms with Crippen LogP contribution in [-0.4, -0.2) is 43.1 Å². The zero-order valence-electron chi connectivity index (χ0n) is 9.76. The highest BCUT2D eigenvalue weighted by Gasteiger charge is 2.11. The lowest BCUT2D eigenvalue weighted by Gasteiger charge is -2.28. The van der Waals surface area contributed by atoms with Crippen molar-refractivity contribution in [3.05, 3.63) is 0 Å². The second kappa shape index (κ2) is 9.94. The third-order valence-corrected chi connectivity index (χ3v) is 2.89. The highest BCUT2D eigenvalue weighted by molar-refractivity contribution is 9.09. The third-order valence-electron chi connectivity index (χ3n) is 2.53. The molecule has 86 valence electrons. The third kappa shape index (κ3) is 6.80. The summed E-state index contributed by atoms with van der Waals surface area (Å²) in [6, 6.07) is 0.638. The fraction of sp³-hybridized carbons (Fsp3) is 1.00. The minimum atomic E-state index is 0.638. The molecule has 2 nitrogen and oxygen atoms in total. The van der Waals surface area contributed by atoms with Crippen molar-refractivity contribution < 1.29 is 4.74 Å². The van der Waals surface area contributed by atoms with E-state index in [9.17, 15) is 0 Å². The van der Waals surface area contributed by atoms with Crippen LogP contribution >= 0.6 is 15.9 Å². The molecule has 0 fully saturated rings. The first-order valence-corrected chi connectivity index (χ1v) is 6.67. The van der Waals surface area contributed by atoms with Crippen molar-refractivity contribution >= 4 is 15.9 Å². The Hall–Kier alpha value is 0.400. The first kappa shape index (κ1) is 14.4. The second-order valence-electron chi connectivity index (χ2n) is 3.71. The van der Waals surface area contributed by atoms with E-state index in [4.69, 9.17) is 4.74 Å². The first-order chi connectivity index (χ1) is 6.76. The van der Waals surface area contributed by atoms with Gasteiger partial charge >= 0.3 is 0 Å². The minimum absolute atomic E-state index is 0.638. The van der Waals surface area contributed by atoms with Crippen molar-refractivity contribution in [2.75, 3.05) is 32.1 Å². The van der Waals surface area contributed by atoms with Crippen molar-refractivity contribution in [2.45, 2.75) is 39.2 Å². The molecular formula is C11H24BrNO. The van der Waals surface area contributed by atoms with Gasteiger partial charge in [-0.3, -0.25) is 4.90 Å². The molecule has 0 aromatic rings. The highest BCUT2D eigenvalue weighted by atomic mass is 79.9. The number of nitrogens with zero attached hydrogens (tertiary/aromatic N) is 1. The van der Waals surface area contributed by atoms with Gasteiger partial charge in [0.15, 0.2) is 0 Å². The molecule has 0 saturated heterocycles. The molecule has 0 aliphatic carbocycles. The smallest absolute Gasteiger partial charge is 0.0477 e. The van der Waals surface area contributed by atoms with Gasteiger partial charge in [-0.15, -0.1) is 0 Å². The lowest BCUT2D eigenvalue weighted by atomic mass is 10.2. The summed E-state index contributed by atoms with van der Waals surface area (Å²) in [7, 11) is 1.77. The highest BCUT2D eigenvalue weighted by Crippen LogP contribution is 2.06. The van der Waals surface area contributed by atoms with Crippen LogP contribution in [0.2, 0.25) is 0 Å². The molecule has 0 aliphatic rings. The summed E-state index contributed by atoms with van der Waals surface area (Å²) >= 11 is 3.51. The van der Waals surface area contributed by atoms with Crippen LogP contribution in [0.5, 0.6) is 0 Å². The van der Waals surface area contributed by atoms with Crippen LogP contribution in [0.1, 0.15) is 33.1 Å². The van der Waals surface area contributed by atoms with Crippen molar-refractivity contribution in [3.63, 3.8) is 0 Å². The molecule has 0 aliphatic heterocycles. The average molecular weight is 266 g/mol. The van der Waals surface area contributed by atoms with Crippen molar-refractivity contribution in [1.82, 2.24) is 4.90 Å². The lowest BCUT2D eigenvalue weighted by molar-refractivity contribution is 0.141. The zero-order chi connectivity index (χ0) is 10.8. The SMILES string of the molecule is CCCCN(CCBr)C(C)CCOC. The molecule has 3 heteroatoms. The molecule has 0 aromatic carbocycles. The first-order valence-electron chi connectivity index (χ1n) is 5.55. The maximum Gasteiger partial charge on any atom is 0.0477 e. The number of alkyl halides is 1. The van der Waals surface area contributed by atoms with Gasteiger partial charge in [0.25, 0.3) is 0 Å². The summed E-state index contributed by atoms with van der Waals surface area (Å²) in [5.74, 6) is 0. The molecule has 0 aromatic heterocycles. The number of rotatable bonds is 9. The Balaban J connectivity index is 3.77. The van der Waals surface area contributed by atoms with Crippen molar-refractivity contribution in [2.24, 2.45) is 0 Å². The predicted molar refractivity (Wildman–Crippen MR) is 66.2 cm³/mol. The quantitative estimate of drug-likeness (QED) is 0.595. The van der Waals surface area contributed by atoms with Gasteiger partial charge < -0.3 is 4.74 Å². The predicted octanol–water partition coefficient (Wildman–Crippen LogP) is 2.91. The Morgan fingerprint density at radius 3 is 2.57 bits per heavy atom. The topological polar surface area (TPSA) is 12.5 Å². The average Bonchev–Trinajstić information content (AvgIpc) is 2.20. The van der Waals surface area contributed by atoms with E-state index in [2.05, 4.69) is 34.7 Å². The normalized spacial score (nSPS) is 13.5. The number of hydrogen-bond donors (Lipinski definition) is 0. The zero-order valence-corrected chi connectivity index (χ0v) is 11.3. The Morgan fingerprint density at radius 1 is 1.36 bits per heavy atom. The van der Waals surface area contributed by atoms with Gasteiger partial charge in [-0.25, -0.2) is 0 Å². The van der Waals surface area contributed by atoms with E-state index in [1.54, 1.807) is 7.11 Å². The molecule has 0 N–H and O–H groups in total. The fourth-order valence-corrected chi connectivity index (χ4v) is 1.95. The van der Waals surface area contributed by atoms with E-state index >= 15 is 0 Å². The number of ether oxygens (including phenoxy) is 1. The van der Waals surface area contributed by atoms with Crippen LogP contribution in [-0.2, 0) is 4.74 Å². The van der Waals surface area contributed by atoms with Crippen molar-refractivity contribution in [1.29, 1.82) is 0 Å². The Bertz CT molecular complexity index is 122. The molecule has 14 heavy (non-hydrogen) atoms. The van der Waals surface area contributed by atoms with Gasteiger partial charge in [0.1, 0.15) is 0 Å².